The van der Waals surface area contributed by atoms with Crippen LogP contribution in [0.15, 0.2) is 48.0 Å². The average molecular weight is 305 g/mol. The monoisotopic (exact) mass is 305 g/mol. The van der Waals surface area contributed by atoms with E-state index in [4.69, 9.17) is 0 Å². The minimum atomic E-state index is -3.15. The molecule has 112 valence electrons. The third-order valence-corrected chi connectivity index (χ3v) is 4.15. The van der Waals surface area contributed by atoms with Crippen LogP contribution in [0.4, 0.5) is 5.95 Å². The van der Waals surface area contributed by atoms with Crippen LogP contribution in [0.25, 0.3) is 0 Å². The Labute approximate surface area is 125 Å². The molecule has 0 aliphatic heterocycles. The lowest BCUT2D eigenvalue weighted by molar-refractivity contribution is 0.602. The maximum absolute atomic E-state index is 11.4. The maximum Gasteiger partial charge on any atom is 0.203 e. The Kier molecular flexibility index (Phi) is 4.47. The molecule has 1 aromatic heterocycles. The van der Waals surface area contributed by atoms with Gasteiger partial charge in [0.1, 0.15) is 0 Å². The third kappa shape index (κ3) is 3.95. The van der Waals surface area contributed by atoms with Gasteiger partial charge in [0, 0.05) is 25.5 Å². The number of nitrogens with one attached hydrogen (secondary N) is 1. The van der Waals surface area contributed by atoms with Crippen LogP contribution >= 0.6 is 0 Å². The SMILES string of the molecule is C=CCn1cc(C)nc1NCc1ccc(S(C)(=O)=O)cc1. The lowest BCUT2D eigenvalue weighted by atomic mass is 10.2. The summed E-state index contributed by atoms with van der Waals surface area (Å²) in [5.41, 5.74) is 1.93. The fraction of sp³-hybridized carbons (Fsp3) is 0.267. The van der Waals surface area contributed by atoms with Gasteiger partial charge in [0.2, 0.25) is 5.95 Å². The molecular formula is C15H19N3O2S. The molecule has 2 aromatic rings. The zero-order valence-corrected chi connectivity index (χ0v) is 13.0. The lowest BCUT2D eigenvalue weighted by Gasteiger charge is -2.08. The number of rotatable bonds is 6. The van der Waals surface area contributed by atoms with E-state index < -0.39 is 9.84 Å². The number of sulfone groups is 1. The largest absolute Gasteiger partial charge is 0.352 e. The summed E-state index contributed by atoms with van der Waals surface area (Å²) in [5.74, 6) is 0.777. The van der Waals surface area contributed by atoms with E-state index in [1.54, 1.807) is 24.3 Å². The first-order valence-corrected chi connectivity index (χ1v) is 8.47. The number of imidazole rings is 1. The summed E-state index contributed by atoms with van der Waals surface area (Å²) in [6.07, 6.45) is 4.97. The second-order valence-electron chi connectivity index (χ2n) is 4.92. The predicted octanol–water partition coefficient (Wildman–Crippen LogP) is 2.39. The van der Waals surface area contributed by atoms with E-state index in [0.717, 1.165) is 17.2 Å². The van der Waals surface area contributed by atoms with Crippen molar-refractivity contribution in [3.8, 4) is 0 Å². The van der Waals surface area contributed by atoms with Crippen molar-refractivity contribution >= 4 is 15.8 Å². The number of nitrogens with zero attached hydrogens (tertiary/aromatic N) is 2. The van der Waals surface area contributed by atoms with Gasteiger partial charge in [-0.05, 0) is 24.6 Å². The highest BCUT2D eigenvalue weighted by Gasteiger charge is 2.07. The minimum absolute atomic E-state index is 0.329. The van der Waals surface area contributed by atoms with E-state index in [1.165, 1.54) is 6.26 Å². The number of hydrogen-bond acceptors (Lipinski definition) is 4. The number of allylic oxidation sites excluding steroid dienone is 1. The molecule has 0 aliphatic carbocycles. The van der Waals surface area contributed by atoms with Crippen molar-refractivity contribution in [2.75, 3.05) is 11.6 Å². The number of anilines is 1. The second-order valence-corrected chi connectivity index (χ2v) is 6.93. The second kappa shape index (κ2) is 6.13. The van der Waals surface area contributed by atoms with Crippen LogP contribution in [-0.2, 0) is 22.9 Å². The highest BCUT2D eigenvalue weighted by atomic mass is 32.2. The lowest BCUT2D eigenvalue weighted by Crippen LogP contribution is -2.07. The first-order valence-electron chi connectivity index (χ1n) is 6.57. The Bertz CT molecular complexity index is 731. The molecule has 1 N–H and O–H groups in total. The average Bonchev–Trinajstić information content (AvgIpc) is 2.76. The summed E-state index contributed by atoms with van der Waals surface area (Å²) in [5, 5.41) is 3.25. The first-order chi connectivity index (χ1) is 9.90. The Balaban J connectivity index is 2.08. The van der Waals surface area contributed by atoms with Crippen LogP contribution in [0.5, 0.6) is 0 Å². The molecule has 0 radical (unpaired) electrons. The van der Waals surface area contributed by atoms with Gasteiger partial charge in [-0.1, -0.05) is 18.2 Å². The topological polar surface area (TPSA) is 64.0 Å². The molecule has 1 aromatic carbocycles. The number of benzene rings is 1. The minimum Gasteiger partial charge on any atom is -0.352 e. The maximum atomic E-state index is 11.4. The summed E-state index contributed by atoms with van der Waals surface area (Å²) in [6.45, 7) is 6.93. The molecule has 0 atom stereocenters. The molecule has 5 nitrogen and oxygen atoms in total. The van der Waals surface area contributed by atoms with Gasteiger partial charge in [-0.3, -0.25) is 0 Å². The molecule has 0 amide bonds. The molecule has 0 aliphatic rings. The summed E-state index contributed by atoms with van der Waals surface area (Å²) >= 11 is 0. The number of aromatic nitrogens is 2. The smallest absolute Gasteiger partial charge is 0.203 e. The molecule has 21 heavy (non-hydrogen) atoms. The van der Waals surface area contributed by atoms with E-state index in [-0.39, 0.29) is 0 Å². The van der Waals surface area contributed by atoms with Gasteiger partial charge < -0.3 is 9.88 Å². The molecular weight excluding hydrogens is 286 g/mol. The van der Waals surface area contributed by atoms with Crippen LogP contribution in [0.2, 0.25) is 0 Å². The third-order valence-electron chi connectivity index (χ3n) is 3.02. The van der Waals surface area contributed by atoms with Crippen LogP contribution in [-0.4, -0.2) is 24.2 Å². The van der Waals surface area contributed by atoms with Crippen molar-refractivity contribution < 1.29 is 8.42 Å². The normalized spacial score (nSPS) is 11.3. The number of hydrogen-bond donors (Lipinski definition) is 1. The van der Waals surface area contributed by atoms with E-state index >= 15 is 0 Å². The van der Waals surface area contributed by atoms with Gasteiger partial charge in [-0.25, -0.2) is 13.4 Å². The van der Waals surface area contributed by atoms with E-state index in [1.807, 2.05) is 23.8 Å². The summed E-state index contributed by atoms with van der Waals surface area (Å²) in [7, 11) is -3.15. The van der Waals surface area contributed by atoms with Gasteiger partial charge in [-0.2, -0.15) is 0 Å². The van der Waals surface area contributed by atoms with Crippen molar-refractivity contribution in [2.45, 2.75) is 24.9 Å². The quantitative estimate of drug-likeness (QED) is 0.832. The molecule has 6 heteroatoms. The van der Waals surface area contributed by atoms with Gasteiger partial charge in [0.05, 0.1) is 10.6 Å². The van der Waals surface area contributed by atoms with Crippen LogP contribution < -0.4 is 5.32 Å². The van der Waals surface area contributed by atoms with Crippen molar-refractivity contribution in [2.24, 2.45) is 0 Å². The van der Waals surface area contributed by atoms with Gasteiger partial charge in [0.15, 0.2) is 9.84 Å². The predicted molar refractivity (Wildman–Crippen MR) is 84.0 cm³/mol. The first kappa shape index (κ1) is 15.3. The molecule has 0 spiro atoms. The van der Waals surface area contributed by atoms with Crippen LogP contribution in [0.3, 0.4) is 0 Å². The Morgan fingerprint density at radius 1 is 1.33 bits per heavy atom. The van der Waals surface area contributed by atoms with Crippen molar-refractivity contribution in [1.82, 2.24) is 9.55 Å². The van der Waals surface area contributed by atoms with Crippen molar-refractivity contribution in [1.29, 1.82) is 0 Å². The summed E-state index contributed by atoms with van der Waals surface area (Å²) in [6, 6.07) is 6.84. The van der Waals surface area contributed by atoms with E-state index in [0.29, 0.717) is 18.0 Å². The van der Waals surface area contributed by atoms with Crippen molar-refractivity contribution in [3.63, 3.8) is 0 Å². The highest BCUT2D eigenvalue weighted by Crippen LogP contribution is 2.13. The molecule has 0 saturated carbocycles. The van der Waals surface area contributed by atoms with Gasteiger partial charge in [-0.15, -0.1) is 6.58 Å². The zero-order chi connectivity index (χ0) is 15.5. The number of aryl methyl sites for hydroxylation is 1. The zero-order valence-electron chi connectivity index (χ0n) is 12.2. The molecule has 0 saturated heterocycles. The fourth-order valence-corrected chi connectivity index (χ4v) is 2.63. The Morgan fingerprint density at radius 2 is 2.00 bits per heavy atom. The molecule has 0 bridgehead atoms. The highest BCUT2D eigenvalue weighted by molar-refractivity contribution is 7.90. The van der Waals surface area contributed by atoms with Gasteiger partial charge in [0.25, 0.3) is 0 Å². The van der Waals surface area contributed by atoms with Gasteiger partial charge >= 0.3 is 0 Å². The Morgan fingerprint density at radius 3 is 2.57 bits per heavy atom. The summed E-state index contributed by atoms with van der Waals surface area (Å²) in [4.78, 5) is 4.74. The molecule has 1 heterocycles. The molecule has 0 unspecified atom stereocenters. The Hall–Kier alpha value is -2.08. The van der Waals surface area contributed by atoms with E-state index in [9.17, 15) is 8.42 Å². The van der Waals surface area contributed by atoms with Crippen LogP contribution in [0.1, 0.15) is 11.3 Å². The molecule has 2 rings (SSSR count). The standard InChI is InChI=1S/C15H19N3O2S/c1-4-9-18-11-12(2)17-15(18)16-10-13-5-7-14(8-6-13)21(3,19)20/h4-8,11H,1,9-10H2,2-3H3,(H,16,17). The molecule has 0 fully saturated rings. The summed E-state index contributed by atoms with van der Waals surface area (Å²) < 4.78 is 24.8. The van der Waals surface area contributed by atoms with Crippen molar-refractivity contribution in [3.05, 3.63) is 54.4 Å². The van der Waals surface area contributed by atoms with Crippen LogP contribution in [0, 0.1) is 6.92 Å². The fourth-order valence-electron chi connectivity index (χ4n) is 2.00. The van der Waals surface area contributed by atoms with E-state index in [2.05, 4.69) is 16.9 Å².